The van der Waals surface area contributed by atoms with E-state index in [1.54, 1.807) is 0 Å². The minimum atomic E-state index is -0.0157. The molecule has 0 saturated heterocycles. The molecule has 1 aliphatic heterocycles. The Hall–Kier alpha value is -1.84. The molecule has 4 heteroatoms. The summed E-state index contributed by atoms with van der Waals surface area (Å²) in [4.78, 5) is 14.8. The minimum absolute atomic E-state index is 0.0157. The normalized spacial score (nSPS) is 25.8. The van der Waals surface area contributed by atoms with E-state index in [1.807, 2.05) is 18.2 Å². The largest absolute Gasteiger partial charge is 0.335 e. The maximum Gasteiger partial charge on any atom is 0.227 e. The lowest BCUT2D eigenvalue weighted by molar-refractivity contribution is -0.135. The molecule has 2 N–H and O–H groups in total. The number of amides is 1. The first-order valence-electron chi connectivity index (χ1n) is 9.44. The summed E-state index contributed by atoms with van der Waals surface area (Å²) >= 11 is 6.21. The number of carbonyl (C=O) groups is 1. The van der Waals surface area contributed by atoms with Crippen molar-refractivity contribution in [3.63, 3.8) is 0 Å². The first kappa shape index (κ1) is 17.6. The standard InChI is InChI=1S/C22H25ClN2O/c23-19-7-3-6-18(13-19)22(15-24)10-8-20(9-11-22)25-14-17-5-2-1-4-16(17)12-21(25)26/h1-7,13,20H,8-12,14-15,24H2. The molecule has 0 spiro atoms. The molecule has 2 aromatic rings. The Morgan fingerprint density at radius 1 is 1.08 bits per heavy atom. The zero-order chi connectivity index (χ0) is 18.1. The van der Waals surface area contributed by atoms with Crippen molar-refractivity contribution in [1.82, 2.24) is 4.90 Å². The second-order valence-corrected chi connectivity index (χ2v) is 8.13. The number of rotatable bonds is 3. The Balaban J connectivity index is 1.50. The molecule has 0 aromatic heterocycles. The number of hydrogen-bond donors (Lipinski definition) is 1. The second kappa shape index (κ2) is 7.05. The highest BCUT2D eigenvalue weighted by molar-refractivity contribution is 6.30. The van der Waals surface area contributed by atoms with Crippen molar-refractivity contribution in [1.29, 1.82) is 0 Å². The second-order valence-electron chi connectivity index (χ2n) is 7.69. The topological polar surface area (TPSA) is 46.3 Å². The molecule has 0 radical (unpaired) electrons. The van der Waals surface area contributed by atoms with E-state index < -0.39 is 0 Å². The first-order chi connectivity index (χ1) is 12.6. The fourth-order valence-electron chi connectivity index (χ4n) is 4.65. The Morgan fingerprint density at radius 2 is 1.81 bits per heavy atom. The molecule has 4 rings (SSSR count). The lowest BCUT2D eigenvalue weighted by atomic mass is 9.68. The first-order valence-corrected chi connectivity index (χ1v) is 9.81. The van der Waals surface area contributed by atoms with Gasteiger partial charge < -0.3 is 10.6 Å². The molecule has 0 bridgehead atoms. The Bertz CT molecular complexity index is 811. The maximum absolute atomic E-state index is 12.7. The third-order valence-electron chi connectivity index (χ3n) is 6.30. The average Bonchev–Trinajstić information content (AvgIpc) is 2.67. The van der Waals surface area contributed by atoms with E-state index in [-0.39, 0.29) is 11.3 Å². The zero-order valence-electron chi connectivity index (χ0n) is 15.0. The number of fused-ring (bicyclic) bond motifs is 1. The molecule has 0 atom stereocenters. The van der Waals surface area contributed by atoms with Gasteiger partial charge >= 0.3 is 0 Å². The molecule has 136 valence electrons. The van der Waals surface area contributed by atoms with Crippen LogP contribution < -0.4 is 5.73 Å². The van der Waals surface area contributed by atoms with Crippen LogP contribution >= 0.6 is 11.6 Å². The van der Waals surface area contributed by atoms with Crippen LogP contribution in [-0.4, -0.2) is 23.4 Å². The van der Waals surface area contributed by atoms with Crippen LogP contribution in [-0.2, 0) is 23.2 Å². The van der Waals surface area contributed by atoms with Crippen molar-refractivity contribution in [2.45, 2.75) is 50.1 Å². The summed E-state index contributed by atoms with van der Waals surface area (Å²) in [5.74, 6) is 0.261. The summed E-state index contributed by atoms with van der Waals surface area (Å²) in [6.07, 6.45) is 4.53. The quantitative estimate of drug-likeness (QED) is 0.887. The van der Waals surface area contributed by atoms with Gasteiger partial charge in [-0.25, -0.2) is 0 Å². The molecule has 26 heavy (non-hydrogen) atoms. The number of halogens is 1. The minimum Gasteiger partial charge on any atom is -0.335 e. The monoisotopic (exact) mass is 368 g/mol. The van der Waals surface area contributed by atoms with Gasteiger partial charge in [-0.05, 0) is 54.5 Å². The summed E-state index contributed by atoms with van der Waals surface area (Å²) in [5.41, 5.74) is 9.90. The molecule has 3 nitrogen and oxygen atoms in total. The van der Waals surface area contributed by atoms with Crippen LogP contribution in [0.2, 0.25) is 5.02 Å². The molecule has 1 fully saturated rings. The number of nitrogens with zero attached hydrogens (tertiary/aromatic N) is 1. The van der Waals surface area contributed by atoms with Gasteiger partial charge in [0.2, 0.25) is 5.91 Å². The molecule has 1 amide bonds. The highest BCUT2D eigenvalue weighted by atomic mass is 35.5. The van der Waals surface area contributed by atoms with Crippen LogP contribution in [0.25, 0.3) is 0 Å². The van der Waals surface area contributed by atoms with Gasteiger partial charge in [-0.2, -0.15) is 0 Å². The van der Waals surface area contributed by atoms with Gasteiger partial charge in [0.1, 0.15) is 0 Å². The molecule has 2 aliphatic rings. The Labute approximate surface area is 160 Å². The zero-order valence-corrected chi connectivity index (χ0v) is 15.7. The molecule has 1 saturated carbocycles. The van der Waals surface area contributed by atoms with Crippen LogP contribution in [0.4, 0.5) is 0 Å². The summed E-state index contributed by atoms with van der Waals surface area (Å²) in [7, 11) is 0. The van der Waals surface area contributed by atoms with E-state index in [9.17, 15) is 4.79 Å². The third kappa shape index (κ3) is 3.15. The average molecular weight is 369 g/mol. The van der Waals surface area contributed by atoms with Crippen molar-refractivity contribution >= 4 is 17.5 Å². The van der Waals surface area contributed by atoms with Crippen LogP contribution in [0.1, 0.15) is 42.4 Å². The lowest BCUT2D eigenvalue weighted by Gasteiger charge is -2.44. The van der Waals surface area contributed by atoms with Crippen molar-refractivity contribution in [3.05, 3.63) is 70.2 Å². The fraction of sp³-hybridized carbons (Fsp3) is 0.409. The number of carbonyl (C=O) groups excluding carboxylic acids is 1. The Morgan fingerprint density at radius 3 is 2.50 bits per heavy atom. The third-order valence-corrected chi connectivity index (χ3v) is 6.54. The van der Waals surface area contributed by atoms with E-state index in [0.717, 1.165) is 37.3 Å². The van der Waals surface area contributed by atoms with Crippen molar-refractivity contribution < 1.29 is 4.79 Å². The van der Waals surface area contributed by atoms with E-state index in [0.29, 0.717) is 19.0 Å². The summed E-state index contributed by atoms with van der Waals surface area (Å²) in [6.45, 7) is 1.36. The van der Waals surface area contributed by atoms with Crippen LogP contribution in [0.5, 0.6) is 0 Å². The van der Waals surface area contributed by atoms with Gasteiger partial charge in [-0.3, -0.25) is 4.79 Å². The van der Waals surface area contributed by atoms with E-state index in [2.05, 4.69) is 35.2 Å². The van der Waals surface area contributed by atoms with Crippen LogP contribution in [0.3, 0.4) is 0 Å². The molecule has 2 aromatic carbocycles. The SMILES string of the molecule is NCC1(c2cccc(Cl)c2)CCC(N2Cc3ccccc3CC2=O)CC1. The highest BCUT2D eigenvalue weighted by Gasteiger charge is 2.39. The van der Waals surface area contributed by atoms with Gasteiger partial charge in [0.25, 0.3) is 0 Å². The highest BCUT2D eigenvalue weighted by Crippen LogP contribution is 2.41. The van der Waals surface area contributed by atoms with E-state index in [1.165, 1.54) is 16.7 Å². The lowest BCUT2D eigenvalue weighted by Crippen LogP contribution is -2.49. The van der Waals surface area contributed by atoms with Crippen molar-refractivity contribution in [3.8, 4) is 0 Å². The van der Waals surface area contributed by atoms with Gasteiger partial charge in [0, 0.05) is 29.6 Å². The number of hydrogen-bond acceptors (Lipinski definition) is 2. The number of benzene rings is 2. The van der Waals surface area contributed by atoms with Gasteiger partial charge in [-0.15, -0.1) is 0 Å². The fourth-order valence-corrected chi connectivity index (χ4v) is 4.84. The maximum atomic E-state index is 12.7. The molecule has 1 heterocycles. The van der Waals surface area contributed by atoms with Crippen molar-refractivity contribution in [2.24, 2.45) is 5.73 Å². The number of nitrogens with two attached hydrogens (primary N) is 1. The predicted molar refractivity (Wildman–Crippen MR) is 105 cm³/mol. The van der Waals surface area contributed by atoms with Crippen LogP contribution in [0.15, 0.2) is 48.5 Å². The van der Waals surface area contributed by atoms with E-state index >= 15 is 0 Å². The summed E-state index contributed by atoms with van der Waals surface area (Å²) < 4.78 is 0. The predicted octanol–water partition coefficient (Wildman–Crippen LogP) is 4.06. The van der Waals surface area contributed by atoms with E-state index in [4.69, 9.17) is 17.3 Å². The molecular formula is C22H25ClN2O. The van der Waals surface area contributed by atoms with Gasteiger partial charge in [-0.1, -0.05) is 48.0 Å². The summed E-state index contributed by atoms with van der Waals surface area (Å²) in [6, 6.07) is 16.7. The molecule has 1 aliphatic carbocycles. The van der Waals surface area contributed by atoms with Crippen molar-refractivity contribution in [2.75, 3.05) is 6.54 Å². The van der Waals surface area contributed by atoms with Gasteiger partial charge in [0.05, 0.1) is 6.42 Å². The molecular weight excluding hydrogens is 344 g/mol. The smallest absolute Gasteiger partial charge is 0.227 e. The Kier molecular flexibility index (Phi) is 4.76. The molecule has 0 unspecified atom stereocenters. The summed E-state index contributed by atoms with van der Waals surface area (Å²) in [5, 5.41) is 0.764. The van der Waals surface area contributed by atoms with Gasteiger partial charge in [0.15, 0.2) is 0 Å². The van der Waals surface area contributed by atoms with Crippen LogP contribution in [0, 0.1) is 0 Å².